The van der Waals surface area contributed by atoms with Crippen LogP contribution in [-0.4, -0.2) is 27.1 Å². The Bertz CT molecular complexity index is 134. The minimum absolute atomic E-state index is 0.299. The quantitative estimate of drug-likeness (QED) is 0.276. The first-order valence-corrected chi connectivity index (χ1v) is 5.34. The van der Waals surface area contributed by atoms with Crippen molar-refractivity contribution >= 4 is 15.7 Å². The molecule has 0 amide bonds. The van der Waals surface area contributed by atoms with Crippen molar-refractivity contribution in [1.82, 2.24) is 0 Å². The molecule has 3 nitrogen and oxygen atoms in total. The number of allylic oxidation sites excluding steroid dienone is 1. The molecular weight excluding hydrogens is 160 g/mol. The van der Waals surface area contributed by atoms with Crippen LogP contribution in [0.15, 0.2) is 12.2 Å². The highest BCUT2D eigenvalue weighted by Crippen LogP contribution is 1.89. The predicted molar refractivity (Wildman–Crippen MR) is 46.0 cm³/mol. The molecular formula is C7H14O3Si. The molecule has 0 unspecified atom stereocenters. The van der Waals surface area contributed by atoms with E-state index >= 15 is 0 Å². The van der Waals surface area contributed by atoms with Crippen molar-refractivity contribution in [2.24, 2.45) is 0 Å². The second kappa shape index (κ2) is 7.49. The zero-order valence-corrected chi connectivity index (χ0v) is 8.16. The Kier molecular flexibility index (Phi) is 7.08. The molecule has 0 aliphatic carbocycles. The summed E-state index contributed by atoms with van der Waals surface area (Å²) in [7, 11) is -0.852. The van der Waals surface area contributed by atoms with E-state index in [0.29, 0.717) is 6.61 Å². The molecule has 4 heteroatoms. The van der Waals surface area contributed by atoms with Crippen LogP contribution in [0.2, 0.25) is 6.04 Å². The van der Waals surface area contributed by atoms with Crippen LogP contribution in [0.4, 0.5) is 0 Å². The van der Waals surface area contributed by atoms with Crippen molar-refractivity contribution in [1.29, 1.82) is 0 Å². The van der Waals surface area contributed by atoms with Crippen LogP contribution in [0.25, 0.3) is 0 Å². The first-order valence-electron chi connectivity index (χ1n) is 3.71. The summed E-state index contributed by atoms with van der Waals surface area (Å²) in [4.78, 5) is 19.2. The van der Waals surface area contributed by atoms with Crippen molar-refractivity contribution in [2.75, 3.05) is 6.61 Å². The average molecular weight is 174 g/mol. The fourth-order valence-electron chi connectivity index (χ4n) is 0.571. The minimum atomic E-state index is -0.852. The molecule has 64 valence electrons. The first-order chi connectivity index (χ1) is 5.31. The van der Waals surface area contributed by atoms with E-state index in [4.69, 9.17) is 9.53 Å². The maximum absolute atomic E-state index is 10.6. The van der Waals surface area contributed by atoms with Gasteiger partial charge in [-0.3, -0.25) is 0 Å². The SMILES string of the molecule is CC=CC(=O)OCCC[SiH2]O. The van der Waals surface area contributed by atoms with Gasteiger partial charge in [0.2, 0.25) is 0 Å². The van der Waals surface area contributed by atoms with Crippen molar-refractivity contribution in [3.8, 4) is 0 Å². The van der Waals surface area contributed by atoms with Crippen LogP contribution in [0.1, 0.15) is 13.3 Å². The smallest absolute Gasteiger partial charge is 0.330 e. The van der Waals surface area contributed by atoms with Gasteiger partial charge in [0.1, 0.15) is 0 Å². The molecule has 0 aromatic carbocycles. The Morgan fingerprint density at radius 1 is 1.73 bits per heavy atom. The Balaban J connectivity index is 3.17. The van der Waals surface area contributed by atoms with Gasteiger partial charge in [-0.15, -0.1) is 0 Å². The standard InChI is InChI=1S/C7H14O3Si/c1-2-4-7(8)10-5-3-6-11-9/h2,4,9H,3,5-6,11H2,1H3. The molecule has 0 aliphatic heterocycles. The molecule has 1 N–H and O–H groups in total. The normalized spacial score (nSPS) is 11.5. The molecule has 0 saturated carbocycles. The summed E-state index contributed by atoms with van der Waals surface area (Å²) in [6, 6.07) is 0.823. The summed E-state index contributed by atoms with van der Waals surface area (Å²) in [5, 5.41) is 0. The lowest BCUT2D eigenvalue weighted by atomic mass is 10.5. The van der Waals surface area contributed by atoms with Gasteiger partial charge in [-0.2, -0.15) is 0 Å². The summed E-state index contributed by atoms with van der Waals surface area (Å²) in [6.07, 6.45) is 3.81. The topological polar surface area (TPSA) is 46.5 Å². The number of esters is 1. The Morgan fingerprint density at radius 3 is 3.00 bits per heavy atom. The molecule has 0 heterocycles. The lowest BCUT2D eigenvalue weighted by molar-refractivity contribution is -0.137. The number of carbonyl (C=O) groups excluding carboxylic acids is 1. The number of ether oxygens (including phenoxy) is 1. The third-order valence-corrected chi connectivity index (χ3v) is 1.92. The number of carbonyl (C=O) groups is 1. The van der Waals surface area contributed by atoms with E-state index in [2.05, 4.69) is 0 Å². The van der Waals surface area contributed by atoms with Crippen LogP contribution in [0, 0.1) is 0 Å². The predicted octanol–water partition coefficient (Wildman–Crippen LogP) is -0.00980. The van der Waals surface area contributed by atoms with E-state index in [1.807, 2.05) is 0 Å². The fraction of sp³-hybridized carbons (Fsp3) is 0.571. The maximum atomic E-state index is 10.6. The number of rotatable bonds is 5. The molecule has 0 saturated heterocycles. The Morgan fingerprint density at radius 2 is 2.45 bits per heavy atom. The fourth-order valence-corrected chi connectivity index (χ4v) is 0.999. The Labute approximate surface area is 69.0 Å². The van der Waals surface area contributed by atoms with Crippen molar-refractivity contribution in [2.45, 2.75) is 19.4 Å². The summed E-state index contributed by atoms with van der Waals surface area (Å²) in [6.45, 7) is 2.19. The molecule has 0 fully saturated rings. The van der Waals surface area contributed by atoms with E-state index in [9.17, 15) is 4.79 Å². The molecule has 0 rings (SSSR count). The molecule has 0 radical (unpaired) electrons. The van der Waals surface area contributed by atoms with Gasteiger partial charge in [-0.05, 0) is 19.4 Å². The van der Waals surface area contributed by atoms with Gasteiger partial charge >= 0.3 is 5.97 Å². The minimum Gasteiger partial charge on any atom is -0.463 e. The third kappa shape index (κ3) is 7.28. The van der Waals surface area contributed by atoms with Crippen molar-refractivity contribution in [3.05, 3.63) is 12.2 Å². The highest BCUT2D eigenvalue weighted by molar-refractivity contribution is 6.25. The maximum Gasteiger partial charge on any atom is 0.330 e. The monoisotopic (exact) mass is 174 g/mol. The highest BCUT2D eigenvalue weighted by Gasteiger charge is 1.94. The van der Waals surface area contributed by atoms with Gasteiger partial charge in [0.25, 0.3) is 0 Å². The van der Waals surface area contributed by atoms with Crippen LogP contribution in [0.5, 0.6) is 0 Å². The van der Waals surface area contributed by atoms with Gasteiger partial charge in [0.05, 0.1) is 6.61 Å². The molecule has 0 aliphatic rings. The zero-order valence-electron chi connectivity index (χ0n) is 6.75. The van der Waals surface area contributed by atoms with Crippen LogP contribution < -0.4 is 0 Å². The second-order valence-corrected chi connectivity index (χ2v) is 3.25. The van der Waals surface area contributed by atoms with Gasteiger partial charge in [-0.1, -0.05) is 6.08 Å². The lowest BCUT2D eigenvalue weighted by Crippen LogP contribution is -2.02. The van der Waals surface area contributed by atoms with Crippen LogP contribution in [0.3, 0.4) is 0 Å². The largest absolute Gasteiger partial charge is 0.463 e. The first kappa shape index (κ1) is 10.4. The van der Waals surface area contributed by atoms with Gasteiger partial charge in [0, 0.05) is 6.08 Å². The summed E-state index contributed by atoms with van der Waals surface area (Å²) in [5.41, 5.74) is 0. The third-order valence-electron chi connectivity index (χ3n) is 1.10. The molecule has 0 bridgehead atoms. The summed E-state index contributed by atoms with van der Waals surface area (Å²) >= 11 is 0. The van der Waals surface area contributed by atoms with Crippen molar-refractivity contribution in [3.63, 3.8) is 0 Å². The van der Waals surface area contributed by atoms with Crippen LogP contribution >= 0.6 is 0 Å². The highest BCUT2D eigenvalue weighted by atomic mass is 28.2. The molecule has 0 atom stereocenters. The van der Waals surface area contributed by atoms with Crippen molar-refractivity contribution < 1.29 is 14.3 Å². The zero-order chi connectivity index (χ0) is 8.53. The van der Waals surface area contributed by atoms with E-state index in [1.54, 1.807) is 13.0 Å². The second-order valence-electron chi connectivity index (χ2n) is 2.10. The van der Waals surface area contributed by atoms with E-state index < -0.39 is 9.76 Å². The van der Waals surface area contributed by atoms with E-state index in [-0.39, 0.29) is 5.97 Å². The number of hydrogen-bond donors (Lipinski definition) is 1. The summed E-state index contributed by atoms with van der Waals surface area (Å²) < 4.78 is 4.77. The molecule has 0 spiro atoms. The number of hydrogen-bond acceptors (Lipinski definition) is 3. The molecule has 11 heavy (non-hydrogen) atoms. The molecule has 0 aromatic heterocycles. The Hall–Kier alpha value is -0.613. The lowest BCUT2D eigenvalue weighted by Gasteiger charge is -1.98. The van der Waals surface area contributed by atoms with Crippen LogP contribution in [-0.2, 0) is 9.53 Å². The average Bonchev–Trinajstić information content (AvgIpc) is 1.99. The summed E-state index contributed by atoms with van der Waals surface area (Å²) in [5.74, 6) is -0.299. The van der Waals surface area contributed by atoms with E-state index in [0.717, 1.165) is 12.5 Å². The van der Waals surface area contributed by atoms with Gasteiger partial charge < -0.3 is 9.53 Å². The van der Waals surface area contributed by atoms with Gasteiger partial charge in [0.15, 0.2) is 9.76 Å². The molecule has 0 aromatic rings. The van der Waals surface area contributed by atoms with E-state index in [1.165, 1.54) is 6.08 Å². The van der Waals surface area contributed by atoms with Gasteiger partial charge in [-0.25, -0.2) is 4.79 Å².